The number of amides is 2. The summed E-state index contributed by atoms with van der Waals surface area (Å²) in [5, 5.41) is 10.5. The first-order valence-electron chi connectivity index (χ1n) is 10.8. The van der Waals surface area contributed by atoms with Crippen molar-refractivity contribution < 1.29 is 14.3 Å². The molecule has 0 aliphatic rings. The van der Waals surface area contributed by atoms with Crippen LogP contribution in [0.15, 0.2) is 85.7 Å². The SMILES string of the molecule is C=CC(=O)Nc1cccc(N(C(=O)OCc2ccc(Cl)cc2)c2ccnc(Nc3ccn(C)n3)n2)c1. The summed E-state index contributed by atoms with van der Waals surface area (Å²) in [6.07, 6.45) is 3.76. The van der Waals surface area contributed by atoms with Crippen LogP contribution < -0.4 is 15.5 Å². The van der Waals surface area contributed by atoms with Crippen LogP contribution in [0.4, 0.5) is 33.8 Å². The van der Waals surface area contributed by atoms with E-state index in [1.807, 2.05) is 0 Å². The number of anilines is 5. The average molecular weight is 504 g/mol. The largest absolute Gasteiger partial charge is 0.444 e. The number of carbonyl (C=O) groups is 2. The second kappa shape index (κ2) is 11.2. The predicted octanol–water partition coefficient (Wildman–Crippen LogP) is 5.21. The van der Waals surface area contributed by atoms with Crippen molar-refractivity contribution in [3.05, 3.63) is 96.3 Å². The third kappa shape index (κ3) is 6.24. The fraction of sp³-hybridized carbons (Fsp3) is 0.0800. The zero-order chi connectivity index (χ0) is 25.5. The second-order valence-corrected chi connectivity index (χ2v) is 7.93. The maximum Gasteiger partial charge on any atom is 0.420 e. The Labute approximate surface area is 212 Å². The van der Waals surface area contributed by atoms with Crippen molar-refractivity contribution in [2.45, 2.75) is 6.61 Å². The van der Waals surface area contributed by atoms with E-state index in [2.05, 4.69) is 32.3 Å². The molecule has 0 spiro atoms. The molecule has 2 N–H and O–H groups in total. The van der Waals surface area contributed by atoms with Crippen LogP contribution in [-0.4, -0.2) is 31.7 Å². The van der Waals surface area contributed by atoms with Crippen molar-refractivity contribution in [1.29, 1.82) is 0 Å². The van der Waals surface area contributed by atoms with Crippen LogP contribution in [-0.2, 0) is 23.2 Å². The first kappa shape index (κ1) is 24.4. The molecule has 0 aliphatic heterocycles. The lowest BCUT2D eigenvalue weighted by molar-refractivity contribution is -0.111. The van der Waals surface area contributed by atoms with Gasteiger partial charge in [0.15, 0.2) is 5.82 Å². The summed E-state index contributed by atoms with van der Waals surface area (Å²) in [5.41, 5.74) is 1.65. The van der Waals surface area contributed by atoms with E-state index >= 15 is 0 Å². The van der Waals surface area contributed by atoms with Gasteiger partial charge in [-0.25, -0.2) is 14.7 Å². The van der Waals surface area contributed by atoms with Gasteiger partial charge in [0, 0.05) is 42.3 Å². The summed E-state index contributed by atoms with van der Waals surface area (Å²) < 4.78 is 7.22. The molecular weight excluding hydrogens is 482 g/mol. The molecule has 0 saturated carbocycles. The molecule has 0 radical (unpaired) electrons. The van der Waals surface area contributed by atoms with Gasteiger partial charge in [0.25, 0.3) is 0 Å². The Hall–Kier alpha value is -4.70. The number of benzene rings is 2. The molecule has 10 nitrogen and oxygen atoms in total. The highest BCUT2D eigenvalue weighted by molar-refractivity contribution is 6.30. The Morgan fingerprint density at radius 1 is 1.17 bits per heavy atom. The van der Waals surface area contributed by atoms with E-state index in [0.717, 1.165) is 11.6 Å². The molecule has 36 heavy (non-hydrogen) atoms. The van der Waals surface area contributed by atoms with E-state index in [0.29, 0.717) is 22.2 Å². The fourth-order valence-corrected chi connectivity index (χ4v) is 3.29. The standard InChI is InChI=1S/C25H22ClN7O3/c1-3-23(34)28-19-5-4-6-20(15-19)33(25(35)36-16-17-7-9-18(26)10-8-17)22-11-13-27-24(30-22)29-21-12-14-32(2)31-21/h3-15H,1,16H2,2H3,(H,28,34)(H,27,29,30,31). The molecule has 2 heterocycles. The van der Waals surface area contributed by atoms with E-state index in [1.54, 1.807) is 78.6 Å². The average Bonchev–Trinajstić information content (AvgIpc) is 3.28. The lowest BCUT2D eigenvalue weighted by atomic mass is 10.2. The molecular formula is C25H22ClN7O3. The van der Waals surface area contributed by atoms with Crippen molar-refractivity contribution in [3.8, 4) is 0 Å². The van der Waals surface area contributed by atoms with Gasteiger partial charge >= 0.3 is 6.09 Å². The fourth-order valence-electron chi connectivity index (χ4n) is 3.17. The Balaban J connectivity index is 1.65. The molecule has 4 aromatic rings. The van der Waals surface area contributed by atoms with Gasteiger partial charge in [-0.2, -0.15) is 10.1 Å². The minimum Gasteiger partial charge on any atom is -0.444 e. The van der Waals surface area contributed by atoms with Gasteiger partial charge in [-0.1, -0.05) is 36.4 Å². The normalized spacial score (nSPS) is 10.4. The highest BCUT2D eigenvalue weighted by atomic mass is 35.5. The number of rotatable bonds is 8. The van der Waals surface area contributed by atoms with E-state index < -0.39 is 6.09 Å². The van der Waals surface area contributed by atoms with Crippen LogP contribution in [0.5, 0.6) is 0 Å². The topological polar surface area (TPSA) is 114 Å². The van der Waals surface area contributed by atoms with Gasteiger partial charge in [-0.3, -0.25) is 9.48 Å². The third-order valence-electron chi connectivity index (χ3n) is 4.84. The molecule has 2 amide bonds. The highest BCUT2D eigenvalue weighted by Gasteiger charge is 2.22. The lowest BCUT2D eigenvalue weighted by Crippen LogP contribution is -2.28. The van der Waals surface area contributed by atoms with Crippen molar-refractivity contribution in [3.63, 3.8) is 0 Å². The Kier molecular flexibility index (Phi) is 7.57. The second-order valence-electron chi connectivity index (χ2n) is 7.50. The number of ether oxygens (including phenoxy) is 1. The predicted molar refractivity (Wildman–Crippen MR) is 138 cm³/mol. The van der Waals surface area contributed by atoms with Gasteiger partial charge < -0.3 is 15.4 Å². The third-order valence-corrected chi connectivity index (χ3v) is 5.09. The molecule has 182 valence electrons. The van der Waals surface area contributed by atoms with Crippen molar-refractivity contribution in [1.82, 2.24) is 19.7 Å². The quantitative estimate of drug-likeness (QED) is 0.317. The first-order chi connectivity index (χ1) is 17.4. The van der Waals surface area contributed by atoms with E-state index in [-0.39, 0.29) is 24.3 Å². The van der Waals surface area contributed by atoms with Gasteiger partial charge in [0.1, 0.15) is 12.4 Å². The maximum absolute atomic E-state index is 13.3. The van der Waals surface area contributed by atoms with Crippen molar-refractivity contribution in [2.75, 3.05) is 15.5 Å². The molecule has 11 heteroatoms. The molecule has 0 fully saturated rings. The Morgan fingerprint density at radius 2 is 1.97 bits per heavy atom. The number of hydrogen-bond acceptors (Lipinski definition) is 7. The smallest absolute Gasteiger partial charge is 0.420 e. The maximum atomic E-state index is 13.3. The van der Waals surface area contributed by atoms with Gasteiger partial charge in [-0.15, -0.1) is 0 Å². The highest BCUT2D eigenvalue weighted by Crippen LogP contribution is 2.28. The van der Waals surface area contributed by atoms with Crippen molar-refractivity contribution >= 4 is 52.6 Å². The lowest BCUT2D eigenvalue weighted by Gasteiger charge is -2.22. The summed E-state index contributed by atoms with van der Waals surface area (Å²) >= 11 is 5.94. The number of aryl methyl sites for hydroxylation is 1. The molecule has 0 aliphatic carbocycles. The van der Waals surface area contributed by atoms with Crippen molar-refractivity contribution in [2.24, 2.45) is 7.05 Å². The Bertz CT molecular complexity index is 1390. The molecule has 0 unspecified atom stereocenters. The number of hydrogen-bond donors (Lipinski definition) is 2. The molecule has 2 aromatic heterocycles. The molecule has 0 atom stereocenters. The summed E-state index contributed by atoms with van der Waals surface area (Å²) in [6, 6.07) is 17.0. The number of carbonyl (C=O) groups excluding carboxylic acids is 2. The van der Waals surface area contributed by atoms with Gasteiger partial charge in [-0.05, 0) is 42.0 Å². The molecule has 0 bridgehead atoms. The zero-order valence-corrected chi connectivity index (χ0v) is 20.0. The number of nitrogens with zero attached hydrogens (tertiary/aromatic N) is 5. The van der Waals surface area contributed by atoms with Crippen LogP contribution in [0.25, 0.3) is 0 Å². The Morgan fingerprint density at radius 3 is 2.69 bits per heavy atom. The minimum absolute atomic E-state index is 0.0174. The number of nitrogens with one attached hydrogen (secondary N) is 2. The van der Waals surface area contributed by atoms with Crippen LogP contribution >= 0.6 is 11.6 Å². The number of aromatic nitrogens is 4. The molecule has 2 aromatic carbocycles. The van der Waals surface area contributed by atoms with E-state index in [4.69, 9.17) is 16.3 Å². The van der Waals surface area contributed by atoms with Crippen LogP contribution in [0.3, 0.4) is 0 Å². The molecule has 0 saturated heterocycles. The minimum atomic E-state index is -0.681. The van der Waals surface area contributed by atoms with Gasteiger partial charge in [0.05, 0.1) is 5.69 Å². The van der Waals surface area contributed by atoms with Crippen LogP contribution in [0, 0.1) is 0 Å². The van der Waals surface area contributed by atoms with Crippen LogP contribution in [0.1, 0.15) is 5.56 Å². The van der Waals surface area contributed by atoms with E-state index in [9.17, 15) is 9.59 Å². The van der Waals surface area contributed by atoms with Gasteiger partial charge in [0.2, 0.25) is 11.9 Å². The summed E-state index contributed by atoms with van der Waals surface area (Å²) in [7, 11) is 1.79. The summed E-state index contributed by atoms with van der Waals surface area (Å²) in [5.74, 6) is 0.642. The summed E-state index contributed by atoms with van der Waals surface area (Å²) in [4.78, 5) is 35.1. The van der Waals surface area contributed by atoms with E-state index in [1.165, 1.54) is 11.1 Å². The first-order valence-corrected chi connectivity index (χ1v) is 11.1. The number of halogens is 1. The summed E-state index contributed by atoms with van der Waals surface area (Å²) in [6.45, 7) is 3.48. The zero-order valence-electron chi connectivity index (χ0n) is 19.3. The van der Waals surface area contributed by atoms with Crippen LogP contribution in [0.2, 0.25) is 5.02 Å². The monoisotopic (exact) mass is 503 g/mol. The molecule has 4 rings (SSSR count).